The Morgan fingerprint density at radius 2 is 0.633 bits per heavy atom. The second-order valence-corrected chi connectivity index (χ2v) is 30.9. The predicted octanol–water partition coefficient (Wildman–Crippen LogP) is -0.789. The van der Waals surface area contributed by atoms with Gasteiger partial charge in [-0.2, -0.15) is 0 Å². The average molecular weight is 2060 g/mol. The normalized spacial score (nSPS) is 12.4. The standard InChI is InChI=1S/C26H41ClN8O8.C20H27ClN8O3.C19H27ClN10O2.C18H23ClN8O3.2ClH/c27-22-24(29)33-23(28)21(32-22)25(42)34-26(30)31-8-2-1-3-15-4-6-16(7-5-15)43-10-9-35(11-17(38)19(40)13-36)12-18(39)20(41)14-37;1-11(30)14(22)10-32-13-7-5-12(6-8-13)4-2-3-9-26-20(25)29-19(31)15-17(23)28-18(24)16(21)27-15;20-14-16(22)29-15(21)13(28-14)17(31)30-19(25)27-8-2-1-3-11-4-6-12(7-5-11)32-10-9-26-18(23)24;19-14-16(22)26-15(21)13(25-14)17(29)27-18(23)24-8-2-1-3-10-4-6-11(7-5-10)30-9-12(20)28;;/h4-7,17-20,36-41H,1-3,8-14H2,(H4,28,29,33)(H3,30,31,34,42);5-8,14H,2-4,9-10,22H2,1H3,(H4,23,24,28)(H3,25,26,29,31);4-7H,1-3,8-10H2,(H4,21,22,29)(H4,23,24,26)(H3,25,27,30,31);4-7H,1-3,8-9H2,(H2,20,28)(H4,21,22,26)(H3,23,24,27,29);2*1H/t17-,18-,19+,20+;14-;;;;/m00..../s1. The number of aliphatic hydroxyl groups excluding tert-OH is 6. The molecule has 4 heterocycles. The Bertz CT molecular complexity index is 5360. The monoisotopic (exact) mass is 2060 g/mol. The maximum absolute atomic E-state index is 12.3. The first-order chi connectivity index (χ1) is 65.1. The number of benzene rings is 4. The molecule has 139 heavy (non-hydrogen) atoms. The van der Waals surface area contributed by atoms with Crippen molar-refractivity contribution in [3.05, 3.63) is 163 Å². The van der Waals surface area contributed by atoms with Crippen LogP contribution in [0.2, 0.25) is 20.6 Å². The molecule has 56 heteroatoms. The number of aliphatic hydroxyl groups is 6. The van der Waals surface area contributed by atoms with Crippen molar-refractivity contribution in [1.82, 2.24) is 66.0 Å². The van der Waals surface area contributed by atoms with Gasteiger partial charge in [0, 0.05) is 45.8 Å². The molecule has 4 aromatic heterocycles. The summed E-state index contributed by atoms with van der Waals surface area (Å²) in [6.45, 7) is 2.86. The van der Waals surface area contributed by atoms with Crippen LogP contribution in [0.3, 0.4) is 0 Å². The lowest BCUT2D eigenvalue weighted by Gasteiger charge is -2.29. The number of aliphatic imine (C=N–C) groups is 5. The van der Waals surface area contributed by atoms with E-state index in [1.165, 1.54) is 12.5 Å². The number of nitrogens with one attached hydrogen (secondary N) is 4. The summed E-state index contributed by atoms with van der Waals surface area (Å²) < 4.78 is 22.0. The number of hydrogen-bond acceptors (Lipinski definition) is 39. The van der Waals surface area contributed by atoms with Gasteiger partial charge in [-0.3, -0.25) is 79.9 Å². The second-order valence-electron chi connectivity index (χ2n) is 29.5. The number of aromatic nitrogens is 8. The second kappa shape index (κ2) is 63.7. The highest BCUT2D eigenvalue weighted by atomic mass is 35.5. The SMILES string of the molecule is CC(=O)[C@@H](N)COc1ccc(CCCCN=C(N)NC(=O)c2nc(Cl)c(N)nc2N)cc1.Cl.Cl.NC(=NCCCCc1ccc(OCCN(C[C@H](O)[C@H](O)CO)C[C@H](O)[C@H](O)CO)cc1)NC(=O)c1nc(Cl)c(N)nc1N.NC(=O)COc1ccc(CCCCN=C(N)NC(=O)c2nc(Cl)c(N)nc2N)cc1.NC(N)=NCCOc1ccc(CCCCN=C(N)NC(=O)c2nc(Cl)c(N)nc2N)cc1. The number of carbonyl (C=O) groups is 6. The highest BCUT2D eigenvalue weighted by Crippen LogP contribution is 2.24. The molecule has 8 aromatic rings. The summed E-state index contributed by atoms with van der Waals surface area (Å²) in [4.78, 5) is 123. The van der Waals surface area contributed by atoms with Gasteiger partial charge in [0.15, 0.2) is 126 Å². The molecule has 5 amide bonds. The molecule has 50 nitrogen and oxygen atoms in total. The number of nitrogens with zero attached hydrogens (tertiary/aromatic N) is 14. The lowest BCUT2D eigenvalue weighted by Crippen LogP contribution is -2.47. The maximum Gasteiger partial charge on any atom is 0.280 e. The summed E-state index contributed by atoms with van der Waals surface area (Å²) >= 11 is 23.1. The van der Waals surface area contributed by atoms with Gasteiger partial charge in [0.2, 0.25) is 0 Å². The van der Waals surface area contributed by atoms with Crippen LogP contribution in [0.5, 0.6) is 23.0 Å². The van der Waals surface area contributed by atoms with Crippen LogP contribution in [0, 0.1) is 0 Å². The third kappa shape index (κ3) is 45.9. The summed E-state index contributed by atoms with van der Waals surface area (Å²) in [5.74, 6) is -1.96. The molecule has 0 radical (unpaired) electrons. The van der Waals surface area contributed by atoms with E-state index in [1.54, 1.807) is 29.2 Å². The number of amides is 5. The summed E-state index contributed by atoms with van der Waals surface area (Å²) in [6, 6.07) is 29.6. The number of anilines is 8. The molecule has 0 aliphatic carbocycles. The van der Waals surface area contributed by atoms with E-state index in [2.05, 4.69) is 86.1 Å². The fourth-order valence-corrected chi connectivity index (χ4v) is 11.7. The van der Waals surface area contributed by atoms with E-state index in [4.69, 9.17) is 167 Å². The zero-order valence-electron chi connectivity index (χ0n) is 75.6. The molecule has 0 spiro atoms. The third-order valence-electron chi connectivity index (χ3n) is 18.6. The molecule has 42 N–H and O–H groups in total. The van der Waals surface area contributed by atoms with Crippen molar-refractivity contribution in [2.24, 2.45) is 70.8 Å². The largest absolute Gasteiger partial charge is 0.492 e. The van der Waals surface area contributed by atoms with Crippen molar-refractivity contribution < 1.29 is 78.4 Å². The van der Waals surface area contributed by atoms with E-state index in [0.29, 0.717) is 63.0 Å². The van der Waals surface area contributed by atoms with Gasteiger partial charge in [-0.1, -0.05) is 94.9 Å². The predicted molar refractivity (Wildman–Crippen MR) is 536 cm³/mol. The topological polar surface area (TPSA) is 893 Å². The molecule has 0 saturated heterocycles. The highest BCUT2D eigenvalue weighted by molar-refractivity contribution is 6.33. The molecule has 0 bridgehead atoms. The van der Waals surface area contributed by atoms with Crippen molar-refractivity contribution >= 4 is 183 Å². The van der Waals surface area contributed by atoms with E-state index < -0.39 is 73.2 Å². The summed E-state index contributed by atoms with van der Waals surface area (Å²) in [5.41, 5.74) is 92.4. The number of nitrogens with two attached hydrogens (primary N) is 16. The third-order valence-corrected chi connectivity index (χ3v) is 19.7. The molecule has 0 aliphatic heterocycles. The van der Waals surface area contributed by atoms with Gasteiger partial charge in [-0.15, -0.1) is 24.8 Å². The zero-order valence-corrected chi connectivity index (χ0v) is 80.3. The number of ether oxygens (including phenoxy) is 4. The number of aryl methyl sites for hydroxylation is 4. The van der Waals surface area contributed by atoms with Crippen molar-refractivity contribution in [2.45, 2.75) is 114 Å². The van der Waals surface area contributed by atoms with Crippen LogP contribution in [0.25, 0.3) is 0 Å². The Morgan fingerprint density at radius 1 is 0.367 bits per heavy atom. The molecular weight excluding hydrogens is 1940 g/mol. The summed E-state index contributed by atoms with van der Waals surface area (Å²) in [6.07, 6.45) is 4.42. The first kappa shape index (κ1) is 120. The Morgan fingerprint density at radius 3 is 0.892 bits per heavy atom. The van der Waals surface area contributed by atoms with Crippen LogP contribution >= 0.6 is 71.2 Å². The minimum atomic E-state index is -1.36. The lowest BCUT2D eigenvalue weighted by atomic mass is 10.1. The van der Waals surface area contributed by atoms with E-state index in [0.717, 1.165) is 93.1 Å². The quantitative estimate of drug-likeness (QED) is 0.0126. The molecular formula is C83H120Cl6N34O16. The molecule has 0 fully saturated rings. The smallest absolute Gasteiger partial charge is 0.280 e. The molecule has 0 aliphatic rings. The molecule has 0 saturated carbocycles. The van der Waals surface area contributed by atoms with Crippen LogP contribution in [0.4, 0.5) is 46.5 Å². The zero-order chi connectivity index (χ0) is 101. The summed E-state index contributed by atoms with van der Waals surface area (Å²) in [5, 5.41) is 66.5. The van der Waals surface area contributed by atoms with Crippen LogP contribution in [-0.2, 0) is 35.3 Å². The van der Waals surface area contributed by atoms with Crippen molar-refractivity contribution in [1.29, 1.82) is 0 Å². The van der Waals surface area contributed by atoms with Gasteiger partial charge < -0.3 is 141 Å². The average Bonchev–Trinajstić information content (AvgIpc) is 0.844. The number of nitrogen functional groups attached to an aromatic ring is 8. The number of ketones is 1. The fourth-order valence-electron chi connectivity index (χ4n) is 11.2. The Hall–Kier alpha value is -13.6. The fraction of sp³-hybridized carbons (Fsp3) is 0.386. The number of hydrogen-bond donors (Lipinski definition) is 26. The van der Waals surface area contributed by atoms with Gasteiger partial charge >= 0.3 is 0 Å². The number of rotatable bonds is 47. The van der Waals surface area contributed by atoms with Crippen LogP contribution in [0.1, 0.15) is 122 Å². The Balaban J connectivity index is 0.000000479. The minimum absolute atomic E-state index is 0. The van der Waals surface area contributed by atoms with Crippen molar-refractivity contribution in [3.8, 4) is 23.0 Å². The maximum atomic E-state index is 12.3. The van der Waals surface area contributed by atoms with Crippen LogP contribution in [-0.4, -0.2) is 263 Å². The molecule has 5 atom stereocenters. The number of Topliss-reactive ketones (excluding diaryl/α,β-unsaturated/α-hetero) is 1. The first-order valence-electron chi connectivity index (χ1n) is 42.1. The number of primary amides is 1. The lowest BCUT2D eigenvalue weighted by molar-refractivity contribution is -0.120. The van der Waals surface area contributed by atoms with Crippen LogP contribution in [0.15, 0.2) is 122 Å². The van der Waals surface area contributed by atoms with Gasteiger partial charge in [0.1, 0.15) is 60.8 Å². The van der Waals surface area contributed by atoms with E-state index in [-0.39, 0.29) is 190 Å². The Kier molecular flexibility index (Phi) is 54.8. The van der Waals surface area contributed by atoms with Gasteiger partial charge in [-0.05, 0) is 155 Å². The van der Waals surface area contributed by atoms with Gasteiger partial charge in [0.05, 0.1) is 38.0 Å². The van der Waals surface area contributed by atoms with E-state index >= 15 is 0 Å². The summed E-state index contributed by atoms with van der Waals surface area (Å²) in [7, 11) is 0. The molecule has 4 aromatic carbocycles. The molecule has 0 unspecified atom stereocenters. The number of guanidine groups is 5. The molecule has 760 valence electrons. The molecule has 8 rings (SSSR count). The van der Waals surface area contributed by atoms with Gasteiger partial charge in [-0.25, -0.2) is 39.9 Å². The number of unbranched alkanes of at least 4 members (excludes halogenated alkanes) is 4. The minimum Gasteiger partial charge on any atom is -0.492 e. The van der Waals surface area contributed by atoms with Crippen molar-refractivity contribution in [3.63, 3.8) is 0 Å². The van der Waals surface area contributed by atoms with Gasteiger partial charge in [0.25, 0.3) is 29.5 Å². The Labute approximate surface area is 831 Å². The van der Waals surface area contributed by atoms with E-state index in [1.807, 2.05) is 72.8 Å². The first-order valence-corrected chi connectivity index (χ1v) is 43.6. The highest BCUT2D eigenvalue weighted by Gasteiger charge is 2.26. The van der Waals surface area contributed by atoms with E-state index in [9.17, 15) is 49.2 Å². The number of halogens is 6. The van der Waals surface area contributed by atoms with Crippen molar-refractivity contribution in [2.75, 3.05) is 138 Å². The number of carbonyl (C=O) groups excluding carboxylic acids is 6. The van der Waals surface area contributed by atoms with Crippen LogP contribution < -0.4 is 132 Å².